The molecular formula is C19H20Br2N2O2. The van der Waals surface area contributed by atoms with Crippen molar-refractivity contribution in [3.05, 3.63) is 62.5 Å². The van der Waals surface area contributed by atoms with Crippen LogP contribution in [0.2, 0.25) is 0 Å². The Morgan fingerprint density at radius 3 is 2.44 bits per heavy atom. The number of halogens is 2. The molecule has 6 heteroatoms. The Labute approximate surface area is 164 Å². The van der Waals surface area contributed by atoms with Gasteiger partial charge in [-0.3, -0.25) is 4.79 Å². The van der Waals surface area contributed by atoms with Gasteiger partial charge in [0.25, 0.3) is 5.91 Å². The highest BCUT2D eigenvalue weighted by Gasteiger charge is 2.08. The second kappa shape index (κ2) is 9.15. The highest BCUT2D eigenvalue weighted by molar-refractivity contribution is 9.10. The van der Waals surface area contributed by atoms with Crippen molar-refractivity contribution in [2.24, 2.45) is 5.10 Å². The van der Waals surface area contributed by atoms with Crippen molar-refractivity contribution in [1.82, 2.24) is 5.43 Å². The van der Waals surface area contributed by atoms with Gasteiger partial charge in [0.05, 0.1) is 10.2 Å². The smallest absolute Gasteiger partial charge is 0.277 e. The molecule has 2 aromatic carbocycles. The molecule has 0 unspecified atom stereocenters. The van der Waals surface area contributed by atoms with Crippen molar-refractivity contribution in [3.8, 4) is 5.75 Å². The Kier molecular flexibility index (Phi) is 7.20. The number of carbonyl (C=O) groups excluding carboxylic acids is 1. The van der Waals surface area contributed by atoms with E-state index >= 15 is 0 Å². The van der Waals surface area contributed by atoms with Gasteiger partial charge in [0.1, 0.15) is 5.75 Å². The first-order valence-corrected chi connectivity index (χ1v) is 9.46. The van der Waals surface area contributed by atoms with Crippen molar-refractivity contribution in [3.63, 3.8) is 0 Å². The largest absolute Gasteiger partial charge is 0.483 e. The van der Waals surface area contributed by atoms with Gasteiger partial charge in [-0.2, -0.15) is 5.10 Å². The molecule has 0 spiro atoms. The van der Waals surface area contributed by atoms with Crippen molar-refractivity contribution in [2.75, 3.05) is 6.61 Å². The number of ether oxygens (including phenoxy) is 1. The minimum atomic E-state index is -0.309. The molecule has 1 N–H and O–H groups in total. The monoisotopic (exact) mass is 466 g/mol. The van der Waals surface area contributed by atoms with E-state index in [4.69, 9.17) is 4.74 Å². The van der Waals surface area contributed by atoms with Gasteiger partial charge in [-0.15, -0.1) is 0 Å². The Morgan fingerprint density at radius 2 is 1.84 bits per heavy atom. The van der Waals surface area contributed by atoms with Gasteiger partial charge in [-0.05, 0) is 64.2 Å². The number of carbonyl (C=O) groups is 1. The zero-order valence-electron chi connectivity index (χ0n) is 14.3. The first-order chi connectivity index (χ1) is 11.9. The molecule has 0 radical (unpaired) electrons. The minimum absolute atomic E-state index is 0.100. The number of hydrazone groups is 1. The van der Waals surface area contributed by atoms with Crippen LogP contribution in [-0.2, 0) is 4.79 Å². The van der Waals surface area contributed by atoms with Gasteiger partial charge in [-0.25, -0.2) is 5.43 Å². The Bertz CT molecular complexity index is 771. The summed E-state index contributed by atoms with van der Waals surface area (Å²) >= 11 is 6.86. The molecule has 0 saturated carbocycles. The summed E-state index contributed by atoms with van der Waals surface area (Å²) in [5.41, 5.74) is 5.39. The predicted octanol–water partition coefficient (Wildman–Crippen LogP) is 5.25. The summed E-state index contributed by atoms with van der Waals surface area (Å²) in [5, 5.41) is 4.11. The second-order valence-corrected chi connectivity index (χ2v) is 7.64. The molecule has 0 aliphatic heterocycles. The van der Waals surface area contributed by atoms with Crippen LogP contribution >= 0.6 is 31.9 Å². The summed E-state index contributed by atoms with van der Waals surface area (Å²) in [6.07, 6.45) is 0. The summed E-state index contributed by atoms with van der Waals surface area (Å²) in [5.74, 6) is 0.758. The topological polar surface area (TPSA) is 50.7 Å². The van der Waals surface area contributed by atoms with E-state index in [-0.39, 0.29) is 12.5 Å². The van der Waals surface area contributed by atoms with Crippen molar-refractivity contribution in [2.45, 2.75) is 26.7 Å². The van der Waals surface area contributed by atoms with Crippen LogP contribution < -0.4 is 10.2 Å². The van der Waals surface area contributed by atoms with E-state index in [2.05, 4.69) is 56.2 Å². The van der Waals surface area contributed by atoms with Crippen LogP contribution in [0, 0.1) is 0 Å². The van der Waals surface area contributed by atoms with Crippen LogP contribution in [0.3, 0.4) is 0 Å². The molecule has 132 valence electrons. The molecule has 1 amide bonds. The maximum absolute atomic E-state index is 11.9. The number of hydrogen-bond acceptors (Lipinski definition) is 3. The van der Waals surface area contributed by atoms with E-state index in [9.17, 15) is 4.79 Å². The fraction of sp³-hybridized carbons (Fsp3) is 0.263. The number of amides is 1. The number of nitrogens with one attached hydrogen (secondary N) is 1. The van der Waals surface area contributed by atoms with Gasteiger partial charge in [0, 0.05) is 4.47 Å². The van der Waals surface area contributed by atoms with Gasteiger partial charge in [-0.1, -0.05) is 48.0 Å². The molecular weight excluding hydrogens is 448 g/mol. The summed E-state index contributed by atoms with van der Waals surface area (Å²) in [7, 11) is 0. The van der Waals surface area contributed by atoms with E-state index in [1.165, 1.54) is 5.56 Å². The second-order valence-electron chi connectivity index (χ2n) is 5.87. The van der Waals surface area contributed by atoms with Crippen LogP contribution in [0.5, 0.6) is 5.75 Å². The van der Waals surface area contributed by atoms with Crippen LogP contribution in [0.1, 0.15) is 37.8 Å². The standard InChI is InChI=1S/C19H20Br2N2O2/c1-12(2)15-6-9-18(17(21)10-15)25-11-19(24)23-22-13(3)14-4-7-16(20)8-5-14/h4-10,12H,11H2,1-3H3,(H,23,24)/b22-13+. The lowest BCUT2D eigenvalue weighted by Gasteiger charge is -2.11. The molecule has 4 nitrogen and oxygen atoms in total. The lowest BCUT2D eigenvalue weighted by atomic mass is 10.0. The van der Waals surface area contributed by atoms with Crippen LogP contribution in [-0.4, -0.2) is 18.2 Å². The zero-order valence-corrected chi connectivity index (χ0v) is 17.5. The average molecular weight is 468 g/mol. The lowest BCUT2D eigenvalue weighted by Crippen LogP contribution is -2.25. The molecule has 0 aliphatic rings. The van der Waals surface area contributed by atoms with Gasteiger partial charge < -0.3 is 4.74 Å². The van der Waals surface area contributed by atoms with E-state index in [1.807, 2.05) is 49.4 Å². The summed E-state index contributed by atoms with van der Waals surface area (Å²) in [6, 6.07) is 13.6. The molecule has 2 rings (SSSR count). The van der Waals surface area contributed by atoms with Crippen molar-refractivity contribution < 1.29 is 9.53 Å². The first-order valence-electron chi connectivity index (χ1n) is 7.88. The third-order valence-electron chi connectivity index (χ3n) is 3.59. The highest BCUT2D eigenvalue weighted by Crippen LogP contribution is 2.28. The quantitative estimate of drug-likeness (QED) is 0.465. The van der Waals surface area contributed by atoms with Crippen LogP contribution in [0.15, 0.2) is 56.5 Å². The van der Waals surface area contributed by atoms with Gasteiger partial charge in [0.15, 0.2) is 6.61 Å². The lowest BCUT2D eigenvalue weighted by molar-refractivity contribution is -0.123. The maximum atomic E-state index is 11.9. The third kappa shape index (κ3) is 5.97. The van der Waals surface area contributed by atoms with E-state index in [0.29, 0.717) is 11.7 Å². The predicted molar refractivity (Wildman–Crippen MR) is 108 cm³/mol. The summed E-state index contributed by atoms with van der Waals surface area (Å²) in [4.78, 5) is 11.9. The zero-order chi connectivity index (χ0) is 18.4. The molecule has 2 aromatic rings. The molecule has 0 bridgehead atoms. The Balaban J connectivity index is 1.90. The van der Waals surface area contributed by atoms with Crippen molar-refractivity contribution in [1.29, 1.82) is 0 Å². The molecule has 0 heterocycles. The number of hydrogen-bond donors (Lipinski definition) is 1. The molecule has 25 heavy (non-hydrogen) atoms. The normalized spacial score (nSPS) is 11.5. The highest BCUT2D eigenvalue weighted by atomic mass is 79.9. The van der Waals surface area contributed by atoms with Crippen molar-refractivity contribution >= 4 is 43.5 Å². The first kappa shape index (κ1) is 19.7. The summed E-state index contributed by atoms with van der Waals surface area (Å²) < 4.78 is 7.38. The molecule has 0 fully saturated rings. The molecule has 0 saturated heterocycles. The van der Waals surface area contributed by atoms with Crippen LogP contribution in [0.25, 0.3) is 0 Å². The summed E-state index contributed by atoms with van der Waals surface area (Å²) in [6.45, 7) is 5.99. The maximum Gasteiger partial charge on any atom is 0.277 e. The van der Waals surface area contributed by atoms with Crippen LogP contribution in [0.4, 0.5) is 0 Å². The van der Waals surface area contributed by atoms with Gasteiger partial charge in [0.2, 0.25) is 0 Å². The SMILES string of the molecule is C/C(=N\NC(=O)COc1ccc(C(C)C)cc1Br)c1ccc(Br)cc1. The third-order valence-corrected chi connectivity index (χ3v) is 4.74. The number of benzene rings is 2. The van der Waals surface area contributed by atoms with E-state index in [1.54, 1.807) is 0 Å². The van der Waals surface area contributed by atoms with E-state index < -0.39 is 0 Å². The number of rotatable bonds is 6. The minimum Gasteiger partial charge on any atom is -0.483 e. The van der Waals surface area contributed by atoms with E-state index in [0.717, 1.165) is 20.2 Å². The number of nitrogens with zero attached hydrogens (tertiary/aromatic N) is 1. The fourth-order valence-corrected chi connectivity index (χ4v) is 2.85. The fourth-order valence-electron chi connectivity index (χ4n) is 2.07. The average Bonchev–Trinajstić information content (AvgIpc) is 2.59. The molecule has 0 aromatic heterocycles. The Hall–Kier alpha value is -1.66. The molecule has 0 aliphatic carbocycles. The molecule has 0 atom stereocenters. The van der Waals surface area contributed by atoms with Gasteiger partial charge >= 0.3 is 0 Å². The Morgan fingerprint density at radius 1 is 1.16 bits per heavy atom.